The van der Waals surface area contributed by atoms with Gasteiger partial charge < -0.3 is 0 Å². The standard InChI is InChI=1S/C9H19NS/c1-4-10-5-6-11-7-9(10)8(2)3/h8-9H,4-7H2,1-3H3. The summed E-state index contributed by atoms with van der Waals surface area (Å²) in [5, 5.41) is 0. The van der Waals surface area contributed by atoms with Crippen LogP contribution in [0.1, 0.15) is 20.8 Å². The lowest BCUT2D eigenvalue weighted by Crippen LogP contribution is -2.45. The second-order valence-corrected chi connectivity index (χ2v) is 4.66. The summed E-state index contributed by atoms with van der Waals surface area (Å²) in [6, 6.07) is 0.832. The number of rotatable bonds is 2. The fourth-order valence-electron chi connectivity index (χ4n) is 1.66. The summed E-state index contributed by atoms with van der Waals surface area (Å²) in [6.45, 7) is 9.46. The number of hydrogen-bond acceptors (Lipinski definition) is 2. The van der Waals surface area contributed by atoms with E-state index in [4.69, 9.17) is 0 Å². The van der Waals surface area contributed by atoms with Gasteiger partial charge in [0.15, 0.2) is 0 Å². The summed E-state index contributed by atoms with van der Waals surface area (Å²) < 4.78 is 0. The van der Waals surface area contributed by atoms with Crippen LogP contribution in [-0.2, 0) is 0 Å². The van der Waals surface area contributed by atoms with Crippen LogP contribution >= 0.6 is 11.8 Å². The van der Waals surface area contributed by atoms with Crippen molar-refractivity contribution in [3.8, 4) is 0 Å². The molecule has 0 aliphatic carbocycles. The van der Waals surface area contributed by atoms with Gasteiger partial charge in [-0.25, -0.2) is 0 Å². The van der Waals surface area contributed by atoms with Crippen molar-refractivity contribution >= 4 is 11.8 Å². The Morgan fingerprint density at radius 2 is 2.27 bits per heavy atom. The van der Waals surface area contributed by atoms with Crippen molar-refractivity contribution in [1.29, 1.82) is 0 Å². The van der Waals surface area contributed by atoms with Crippen LogP contribution in [-0.4, -0.2) is 35.5 Å². The van der Waals surface area contributed by atoms with E-state index in [2.05, 4.69) is 37.4 Å². The Balaban J connectivity index is 2.44. The van der Waals surface area contributed by atoms with E-state index in [9.17, 15) is 0 Å². The molecule has 1 unspecified atom stereocenters. The van der Waals surface area contributed by atoms with Gasteiger partial charge >= 0.3 is 0 Å². The summed E-state index contributed by atoms with van der Waals surface area (Å²) in [6.07, 6.45) is 0. The molecule has 1 rings (SSSR count). The van der Waals surface area contributed by atoms with Gasteiger partial charge in [0.1, 0.15) is 0 Å². The molecule has 0 N–H and O–H groups in total. The molecule has 1 nitrogen and oxygen atoms in total. The second kappa shape index (κ2) is 4.36. The van der Waals surface area contributed by atoms with E-state index in [1.165, 1.54) is 24.6 Å². The summed E-state index contributed by atoms with van der Waals surface area (Å²) in [4.78, 5) is 2.61. The molecule has 0 aromatic heterocycles. The van der Waals surface area contributed by atoms with Gasteiger partial charge in [0.05, 0.1) is 0 Å². The van der Waals surface area contributed by atoms with Crippen molar-refractivity contribution in [3.05, 3.63) is 0 Å². The fraction of sp³-hybridized carbons (Fsp3) is 1.00. The Morgan fingerprint density at radius 3 is 2.73 bits per heavy atom. The van der Waals surface area contributed by atoms with Crippen molar-refractivity contribution in [3.63, 3.8) is 0 Å². The maximum Gasteiger partial charge on any atom is 0.0209 e. The van der Waals surface area contributed by atoms with E-state index in [-0.39, 0.29) is 0 Å². The van der Waals surface area contributed by atoms with Gasteiger partial charge in [-0.1, -0.05) is 20.8 Å². The van der Waals surface area contributed by atoms with E-state index in [0.29, 0.717) is 0 Å². The predicted molar refractivity (Wildman–Crippen MR) is 53.2 cm³/mol. The number of hydrogen-bond donors (Lipinski definition) is 0. The quantitative estimate of drug-likeness (QED) is 0.629. The molecule has 11 heavy (non-hydrogen) atoms. The van der Waals surface area contributed by atoms with E-state index in [1.54, 1.807) is 0 Å². The minimum Gasteiger partial charge on any atom is -0.299 e. The first-order valence-electron chi connectivity index (χ1n) is 4.57. The molecule has 2 heteroatoms. The van der Waals surface area contributed by atoms with E-state index in [1.807, 2.05) is 0 Å². The zero-order chi connectivity index (χ0) is 8.27. The molecule has 1 aliphatic rings. The minimum absolute atomic E-state index is 0.822. The molecule has 0 aromatic rings. The summed E-state index contributed by atoms with van der Waals surface area (Å²) in [5.41, 5.74) is 0. The molecule has 1 aliphatic heterocycles. The first-order valence-corrected chi connectivity index (χ1v) is 5.73. The lowest BCUT2D eigenvalue weighted by Gasteiger charge is -2.37. The molecule has 0 saturated carbocycles. The molecular weight excluding hydrogens is 154 g/mol. The highest BCUT2D eigenvalue weighted by molar-refractivity contribution is 7.99. The maximum absolute atomic E-state index is 2.61. The SMILES string of the molecule is CCN1CCSCC1C(C)C. The molecular formula is C9H19NS. The Morgan fingerprint density at radius 1 is 1.55 bits per heavy atom. The van der Waals surface area contributed by atoms with Crippen molar-refractivity contribution in [1.82, 2.24) is 4.90 Å². The van der Waals surface area contributed by atoms with Gasteiger partial charge in [0.25, 0.3) is 0 Å². The van der Waals surface area contributed by atoms with E-state index < -0.39 is 0 Å². The lowest BCUT2D eigenvalue weighted by molar-refractivity contribution is 0.186. The molecule has 0 amide bonds. The average molecular weight is 173 g/mol. The van der Waals surface area contributed by atoms with Crippen LogP contribution in [0.4, 0.5) is 0 Å². The van der Waals surface area contributed by atoms with Crippen LogP contribution in [0.15, 0.2) is 0 Å². The van der Waals surface area contributed by atoms with Crippen LogP contribution in [0.25, 0.3) is 0 Å². The highest BCUT2D eigenvalue weighted by Gasteiger charge is 2.23. The Kier molecular flexibility index (Phi) is 3.73. The Hall–Kier alpha value is 0.310. The zero-order valence-corrected chi connectivity index (χ0v) is 8.66. The molecule has 1 fully saturated rings. The van der Waals surface area contributed by atoms with Crippen molar-refractivity contribution < 1.29 is 0 Å². The first-order chi connectivity index (χ1) is 5.25. The molecule has 0 spiro atoms. The second-order valence-electron chi connectivity index (χ2n) is 3.51. The molecule has 0 radical (unpaired) electrons. The Labute approximate surface area is 74.5 Å². The van der Waals surface area contributed by atoms with Gasteiger partial charge in [-0.2, -0.15) is 11.8 Å². The Bertz CT molecular complexity index is 114. The summed E-state index contributed by atoms with van der Waals surface area (Å²) in [7, 11) is 0. The number of nitrogens with zero attached hydrogens (tertiary/aromatic N) is 1. The molecule has 1 heterocycles. The van der Waals surface area contributed by atoms with E-state index >= 15 is 0 Å². The van der Waals surface area contributed by atoms with Gasteiger partial charge in [0, 0.05) is 24.1 Å². The number of thioether (sulfide) groups is 1. The van der Waals surface area contributed by atoms with Gasteiger partial charge in [0.2, 0.25) is 0 Å². The normalized spacial score (nSPS) is 27.8. The molecule has 66 valence electrons. The van der Waals surface area contributed by atoms with Gasteiger partial charge in [-0.15, -0.1) is 0 Å². The fourth-order valence-corrected chi connectivity index (χ4v) is 3.03. The third-order valence-corrected chi connectivity index (χ3v) is 3.50. The summed E-state index contributed by atoms with van der Waals surface area (Å²) >= 11 is 2.11. The van der Waals surface area contributed by atoms with Crippen LogP contribution in [0.2, 0.25) is 0 Å². The third kappa shape index (κ3) is 2.38. The smallest absolute Gasteiger partial charge is 0.0209 e. The zero-order valence-electron chi connectivity index (χ0n) is 7.84. The highest BCUT2D eigenvalue weighted by Crippen LogP contribution is 2.21. The van der Waals surface area contributed by atoms with E-state index in [0.717, 1.165) is 12.0 Å². The van der Waals surface area contributed by atoms with Crippen molar-refractivity contribution in [2.45, 2.75) is 26.8 Å². The van der Waals surface area contributed by atoms with Crippen molar-refractivity contribution in [2.24, 2.45) is 5.92 Å². The van der Waals surface area contributed by atoms with Crippen molar-refractivity contribution in [2.75, 3.05) is 24.6 Å². The topological polar surface area (TPSA) is 3.24 Å². The predicted octanol–water partition coefficient (Wildman–Crippen LogP) is 2.08. The van der Waals surface area contributed by atoms with Gasteiger partial charge in [-0.3, -0.25) is 4.90 Å². The average Bonchev–Trinajstić information content (AvgIpc) is 2.04. The van der Waals surface area contributed by atoms with Crippen LogP contribution in [0, 0.1) is 5.92 Å². The van der Waals surface area contributed by atoms with Crippen LogP contribution in [0.5, 0.6) is 0 Å². The van der Waals surface area contributed by atoms with Gasteiger partial charge in [-0.05, 0) is 12.5 Å². The highest BCUT2D eigenvalue weighted by atomic mass is 32.2. The maximum atomic E-state index is 2.61. The molecule has 1 atom stereocenters. The summed E-state index contributed by atoms with van der Waals surface area (Å²) in [5.74, 6) is 3.49. The molecule has 0 aromatic carbocycles. The first kappa shape index (κ1) is 9.40. The third-order valence-electron chi connectivity index (χ3n) is 2.46. The molecule has 1 saturated heterocycles. The van der Waals surface area contributed by atoms with Crippen LogP contribution in [0.3, 0.4) is 0 Å². The monoisotopic (exact) mass is 173 g/mol. The molecule has 0 bridgehead atoms. The largest absolute Gasteiger partial charge is 0.299 e. The van der Waals surface area contributed by atoms with Crippen LogP contribution < -0.4 is 0 Å². The minimum atomic E-state index is 0.822. The lowest BCUT2D eigenvalue weighted by atomic mass is 10.0.